The van der Waals surface area contributed by atoms with Crippen molar-refractivity contribution in [3.63, 3.8) is 0 Å². The monoisotopic (exact) mass is 306 g/mol. The maximum absolute atomic E-state index is 11.7. The number of amides is 1. The number of hydrogen-bond acceptors (Lipinski definition) is 4. The first kappa shape index (κ1) is 16.8. The van der Waals surface area contributed by atoms with Crippen molar-refractivity contribution in [3.8, 4) is 5.75 Å². The zero-order valence-electron chi connectivity index (χ0n) is 13.5. The Hall–Kier alpha value is -1.59. The molecule has 5 nitrogen and oxygen atoms in total. The lowest BCUT2D eigenvalue weighted by atomic mass is 9.98. The van der Waals surface area contributed by atoms with Crippen molar-refractivity contribution in [2.45, 2.75) is 19.4 Å². The molecule has 0 aliphatic carbocycles. The van der Waals surface area contributed by atoms with E-state index in [9.17, 15) is 9.90 Å². The number of likely N-dealkylation sites (tertiary alicyclic amines) is 1. The molecule has 0 saturated carbocycles. The Morgan fingerprint density at radius 1 is 1.41 bits per heavy atom. The summed E-state index contributed by atoms with van der Waals surface area (Å²) < 4.78 is 5.69. The Kier molecular flexibility index (Phi) is 6.21. The van der Waals surface area contributed by atoms with E-state index in [-0.39, 0.29) is 19.1 Å². The normalized spacial score (nSPS) is 19.0. The van der Waals surface area contributed by atoms with Crippen molar-refractivity contribution in [1.29, 1.82) is 0 Å². The first-order valence-corrected chi connectivity index (χ1v) is 7.84. The fraction of sp³-hybridized carbons (Fsp3) is 0.588. The van der Waals surface area contributed by atoms with E-state index in [1.54, 1.807) is 14.1 Å². The van der Waals surface area contributed by atoms with Gasteiger partial charge in [0.1, 0.15) is 5.75 Å². The maximum Gasteiger partial charge on any atom is 0.259 e. The van der Waals surface area contributed by atoms with Crippen LogP contribution in [0.3, 0.4) is 0 Å². The van der Waals surface area contributed by atoms with Gasteiger partial charge < -0.3 is 14.7 Å². The van der Waals surface area contributed by atoms with Crippen molar-refractivity contribution >= 4 is 5.91 Å². The molecule has 1 heterocycles. The molecule has 1 aromatic carbocycles. The lowest BCUT2D eigenvalue weighted by Gasteiger charge is -2.32. The summed E-state index contributed by atoms with van der Waals surface area (Å²) in [7, 11) is 3.45. The molecular formula is C17H26N2O3. The van der Waals surface area contributed by atoms with Crippen LogP contribution < -0.4 is 4.74 Å². The number of benzene rings is 1. The first-order chi connectivity index (χ1) is 10.6. The van der Waals surface area contributed by atoms with Crippen LogP contribution in [0, 0.1) is 5.92 Å². The van der Waals surface area contributed by atoms with Crippen molar-refractivity contribution in [3.05, 3.63) is 29.8 Å². The number of aliphatic hydroxyl groups is 1. The fourth-order valence-electron chi connectivity index (χ4n) is 2.73. The van der Waals surface area contributed by atoms with E-state index in [2.05, 4.69) is 4.90 Å². The summed E-state index contributed by atoms with van der Waals surface area (Å²) in [5, 5.41) is 9.33. The number of ether oxygens (including phenoxy) is 1. The Morgan fingerprint density at radius 2 is 2.18 bits per heavy atom. The van der Waals surface area contributed by atoms with Crippen LogP contribution in [0.15, 0.2) is 24.3 Å². The van der Waals surface area contributed by atoms with Crippen LogP contribution in [0.4, 0.5) is 0 Å². The lowest BCUT2D eigenvalue weighted by Crippen LogP contribution is -2.36. The van der Waals surface area contributed by atoms with Crippen LogP contribution in [-0.4, -0.2) is 61.2 Å². The van der Waals surface area contributed by atoms with E-state index >= 15 is 0 Å². The van der Waals surface area contributed by atoms with Crippen LogP contribution in [0.1, 0.15) is 18.4 Å². The second-order valence-electron chi connectivity index (χ2n) is 6.11. The Balaban J connectivity index is 1.97. The highest BCUT2D eigenvalue weighted by Crippen LogP contribution is 2.23. The summed E-state index contributed by atoms with van der Waals surface area (Å²) in [5.41, 5.74) is 1.09. The molecule has 1 saturated heterocycles. The highest BCUT2D eigenvalue weighted by atomic mass is 16.5. The molecular weight excluding hydrogens is 280 g/mol. The van der Waals surface area contributed by atoms with Crippen LogP contribution in [0.2, 0.25) is 0 Å². The smallest absolute Gasteiger partial charge is 0.259 e. The number of likely N-dealkylation sites (N-methyl/N-ethyl adjacent to an activating group) is 1. The zero-order chi connectivity index (χ0) is 15.9. The van der Waals surface area contributed by atoms with Gasteiger partial charge in [-0.3, -0.25) is 9.69 Å². The largest absolute Gasteiger partial charge is 0.483 e. The summed E-state index contributed by atoms with van der Waals surface area (Å²) in [4.78, 5) is 15.5. The standard InChI is InChI=1S/C17H26N2O3/c1-18(2)17(21)13-22-16-8-4-3-7-15(16)11-19-9-5-6-14(10-19)12-20/h3-4,7-8,14,20H,5-6,9-13H2,1-2H3. The molecule has 1 atom stereocenters. The molecule has 1 unspecified atom stereocenters. The molecule has 5 heteroatoms. The number of hydrogen-bond donors (Lipinski definition) is 1. The van der Waals surface area contributed by atoms with Gasteiger partial charge in [0.05, 0.1) is 0 Å². The number of piperidine rings is 1. The summed E-state index contributed by atoms with van der Waals surface area (Å²) >= 11 is 0. The molecule has 1 aromatic rings. The van der Waals surface area contributed by atoms with E-state index in [4.69, 9.17) is 4.74 Å². The molecule has 1 amide bonds. The van der Waals surface area contributed by atoms with E-state index in [1.807, 2.05) is 24.3 Å². The number of carbonyl (C=O) groups excluding carboxylic acids is 1. The molecule has 1 N–H and O–H groups in total. The van der Waals surface area contributed by atoms with Gasteiger partial charge in [0, 0.05) is 39.4 Å². The summed E-state index contributed by atoms with van der Waals surface area (Å²) in [5.74, 6) is 1.09. The maximum atomic E-state index is 11.7. The third-order valence-corrected chi connectivity index (χ3v) is 4.08. The van der Waals surface area contributed by atoms with Crippen molar-refractivity contribution in [1.82, 2.24) is 9.80 Å². The molecule has 1 aliphatic rings. The highest BCUT2D eigenvalue weighted by Gasteiger charge is 2.20. The molecule has 1 aliphatic heterocycles. The fourth-order valence-corrected chi connectivity index (χ4v) is 2.73. The number of carbonyl (C=O) groups is 1. The molecule has 2 rings (SSSR count). The van der Waals surface area contributed by atoms with Crippen molar-refractivity contribution < 1.29 is 14.6 Å². The molecule has 0 spiro atoms. The van der Waals surface area contributed by atoms with Gasteiger partial charge in [-0.2, -0.15) is 0 Å². The Morgan fingerprint density at radius 3 is 2.91 bits per heavy atom. The minimum atomic E-state index is -0.0480. The average Bonchev–Trinajstić information content (AvgIpc) is 2.53. The van der Waals surface area contributed by atoms with Crippen molar-refractivity contribution in [2.24, 2.45) is 5.92 Å². The molecule has 0 aromatic heterocycles. The van der Waals surface area contributed by atoms with Gasteiger partial charge in [0.15, 0.2) is 6.61 Å². The minimum Gasteiger partial charge on any atom is -0.483 e. The summed E-state index contributed by atoms with van der Waals surface area (Å²) in [6, 6.07) is 7.86. The number of rotatable bonds is 6. The third-order valence-electron chi connectivity index (χ3n) is 4.08. The van der Waals surface area contributed by atoms with Gasteiger partial charge in [-0.15, -0.1) is 0 Å². The topological polar surface area (TPSA) is 53.0 Å². The second kappa shape index (κ2) is 8.15. The Bertz CT molecular complexity index is 491. The van der Waals surface area contributed by atoms with Gasteiger partial charge in [-0.25, -0.2) is 0 Å². The Labute approximate surface area is 132 Å². The van der Waals surface area contributed by atoms with E-state index in [0.717, 1.165) is 43.8 Å². The molecule has 122 valence electrons. The van der Waals surface area contributed by atoms with Crippen LogP contribution in [0.5, 0.6) is 5.75 Å². The van der Waals surface area contributed by atoms with Crippen molar-refractivity contribution in [2.75, 3.05) is 40.4 Å². The number of para-hydroxylation sites is 1. The number of aliphatic hydroxyl groups excluding tert-OH is 1. The van der Waals surface area contributed by atoms with E-state index < -0.39 is 0 Å². The van der Waals surface area contributed by atoms with Gasteiger partial charge in [-0.05, 0) is 31.4 Å². The second-order valence-corrected chi connectivity index (χ2v) is 6.11. The van der Waals surface area contributed by atoms with Gasteiger partial charge in [0.2, 0.25) is 0 Å². The third kappa shape index (κ3) is 4.71. The lowest BCUT2D eigenvalue weighted by molar-refractivity contribution is -0.130. The summed E-state index contributed by atoms with van der Waals surface area (Å²) in [6.45, 7) is 3.07. The average molecular weight is 306 g/mol. The van der Waals surface area contributed by atoms with Gasteiger partial charge in [-0.1, -0.05) is 18.2 Å². The predicted molar refractivity (Wildman–Crippen MR) is 85.7 cm³/mol. The number of nitrogens with zero attached hydrogens (tertiary/aromatic N) is 2. The van der Waals surface area contributed by atoms with Gasteiger partial charge >= 0.3 is 0 Å². The SMILES string of the molecule is CN(C)C(=O)COc1ccccc1CN1CCCC(CO)C1. The molecule has 22 heavy (non-hydrogen) atoms. The zero-order valence-corrected chi connectivity index (χ0v) is 13.5. The molecule has 1 fully saturated rings. The quantitative estimate of drug-likeness (QED) is 0.862. The highest BCUT2D eigenvalue weighted by molar-refractivity contribution is 5.77. The summed E-state index contributed by atoms with van der Waals surface area (Å²) in [6.07, 6.45) is 2.22. The van der Waals surface area contributed by atoms with Crippen LogP contribution in [0.25, 0.3) is 0 Å². The molecule has 0 bridgehead atoms. The minimum absolute atomic E-state index is 0.0480. The first-order valence-electron chi connectivity index (χ1n) is 7.84. The van der Waals surface area contributed by atoms with Crippen LogP contribution >= 0.6 is 0 Å². The predicted octanol–water partition coefficient (Wildman–Crippen LogP) is 1.36. The van der Waals surface area contributed by atoms with E-state index in [1.165, 1.54) is 4.90 Å². The molecule has 0 radical (unpaired) electrons. The van der Waals surface area contributed by atoms with Crippen LogP contribution in [-0.2, 0) is 11.3 Å². The van der Waals surface area contributed by atoms with E-state index in [0.29, 0.717) is 5.92 Å². The van der Waals surface area contributed by atoms with Gasteiger partial charge in [0.25, 0.3) is 5.91 Å².